The fourth-order valence-corrected chi connectivity index (χ4v) is 3.50. The molecule has 1 aromatic carbocycles. The van der Waals surface area contributed by atoms with Crippen LogP contribution >= 0.6 is 23.2 Å². The fraction of sp³-hybridized carbons (Fsp3) is 0.278. The fourth-order valence-electron chi connectivity index (χ4n) is 3.11. The Morgan fingerprint density at radius 3 is 2.67 bits per heavy atom. The highest BCUT2D eigenvalue weighted by molar-refractivity contribution is 6.44. The molecule has 0 saturated heterocycles. The van der Waals surface area contributed by atoms with E-state index < -0.39 is 5.97 Å². The van der Waals surface area contributed by atoms with Crippen LogP contribution in [0.3, 0.4) is 0 Å². The summed E-state index contributed by atoms with van der Waals surface area (Å²) in [6, 6.07) is 5.14. The molecule has 0 unspecified atom stereocenters. The lowest BCUT2D eigenvalue weighted by Crippen LogP contribution is -2.19. The van der Waals surface area contributed by atoms with E-state index in [0.29, 0.717) is 51.0 Å². The Balaban J connectivity index is 2.45. The number of ether oxygens (including phenoxy) is 1. The quantitative estimate of drug-likeness (QED) is 0.727. The van der Waals surface area contributed by atoms with Crippen molar-refractivity contribution in [1.82, 2.24) is 4.98 Å². The van der Waals surface area contributed by atoms with Crippen LogP contribution in [0, 0.1) is 6.92 Å². The highest BCUT2D eigenvalue weighted by Gasteiger charge is 2.30. The molecule has 0 spiro atoms. The molecule has 0 N–H and O–H groups in total. The van der Waals surface area contributed by atoms with Crippen LogP contribution in [0.4, 0.5) is 0 Å². The molecule has 0 fully saturated rings. The summed E-state index contributed by atoms with van der Waals surface area (Å²) in [7, 11) is 1.30. The summed E-state index contributed by atoms with van der Waals surface area (Å²) in [5.41, 5.74) is 2.94. The minimum absolute atomic E-state index is 0.0417. The minimum atomic E-state index is -0.549. The lowest BCUT2D eigenvalue weighted by molar-refractivity contribution is 0.0600. The van der Waals surface area contributed by atoms with Gasteiger partial charge in [0, 0.05) is 23.1 Å². The van der Waals surface area contributed by atoms with E-state index in [1.54, 1.807) is 25.1 Å². The van der Waals surface area contributed by atoms with Crippen LogP contribution in [0.5, 0.6) is 0 Å². The SMILES string of the molecule is COC(=O)c1c(C)nc2c(c1-c1cccc(Cl)c1Cl)C(=O)CCC2. The van der Waals surface area contributed by atoms with Gasteiger partial charge in [0.25, 0.3) is 0 Å². The van der Waals surface area contributed by atoms with Crippen LogP contribution in [-0.4, -0.2) is 23.8 Å². The lowest BCUT2D eigenvalue weighted by atomic mass is 9.85. The molecule has 3 rings (SSSR count). The van der Waals surface area contributed by atoms with E-state index in [9.17, 15) is 9.59 Å². The Hall–Kier alpha value is -1.91. The number of rotatable bonds is 2. The maximum atomic E-state index is 12.6. The van der Waals surface area contributed by atoms with Gasteiger partial charge in [-0.15, -0.1) is 0 Å². The van der Waals surface area contributed by atoms with Gasteiger partial charge in [-0.1, -0.05) is 35.3 Å². The Bertz CT molecular complexity index is 862. The number of methoxy groups -OCH3 is 1. The third-order valence-corrected chi connectivity index (χ3v) is 4.98. The van der Waals surface area contributed by atoms with Gasteiger partial charge in [0.15, 0.2) is 5.78 Å². The number of aryl methyl sites for hydroxylation is 2. The van der Waals surface area contributed by atoms with Crippen molar-refractivity contribution in [2.24, 2.45) is 0 Å². The normalized spacial score (nSPS) is 13.6. The average Bonchev–Trinajstić information content (AvgIpc) is 2.56. The molecule has 6 heteroatoms. The number of benzene rings is 1. The van der Waals surface area contributed by atoms with Crippen LogP contribution < -0.4 is 0 Å². The summed E-state index contributed by atoms with van der Waals surface area (Å²) in [6.45, 7) is 1.73. The number of carbonyl (C=O) groups is 2. The first-order chi connectivity index (χ1) is 11.5. The van der Waals surface area contributed by atoms with Gasteiger partial charge in [-0.05, 0) is 25.8 Å². The maximum Gasteiger partial charge on any atom is 0.340 e. The Kier molecular flexibility index (Phi) is 4.61. The Morgan fingerprint density at radius 2 is 1.96 bits per heavy atom. The second-order valence-electron chi connectivity index (χ2n) is 5.64. The van der Waals surface area contributed by atoms with Gasteiger partial charge in [0.2, 0.25) is 0 Å². The third-order valence-electron chi connectivity index (χ3n) is 4.16. The summed E-state index contributed by atoms with van der Waals surface area (Å²) in [5.74, 6) is -0.591. The van der Waals surface area contributed by atoms with Crippen LogP contribution in [0.25, 0.3) is 11.1 Å². The minimum Gasteiger partial charge on any atom is -0.465 e. The molecule has 1 aromatic heterocycles. The molecule has 24 heavy (non-hydrogen) atoms. The molecule has 4 nitrogen and oxygen atoms in total. The Labute approximate surface area is 149 Å². The summed E-state index contributed by atoms with van der Waals surface area (Å²) >= 11 is 12.5. The van der Waals surface area contributed by atoms with Gasteiger partial charge in [-0.3, -0.25) is 9.78 Å². The van der Waals surface area contributed by atoms with Crippen molar-refractivity contribution < 1.29 is 14.3 Å². The molecule has 0 aliphatic heterocycles. The highest BCUT2D eigenvalue weighted by Crippen LogP contribution is 2.40. The van der Waals surface area contributed by atoms with Gasteiger partial charge in [-0.25, -0.2) is 4.79 Å². The number of carbonyl (C=O) groups excluding carboxylic acids is 2. The molecule has 1 aliphatic carbocycles. The van der Waals surface area contributed by atoms with Crippen molar-refractivity contribution in [3.05, 3.63) is 50.8 Å². The zero-order chi connectivity index (χ0) is 17.4. The van der Waals surface area contributed by atoms with Crippen molar-refractivity contribution in [2.45, 2.75) is 26.2 Å². The first kappa shape index (κ1) is 16.9. The Morgan fingerprint density at radius 1 is 1.21 bits per heavy atom. The molecular formula is C18H15Cl2NO3. The van der Waals surface area contributed by atoms with E-state index in [4.69, 9.17) is 27.9 Å². The highest BCUT2D eigenvalue weighted by atomic mass is 35.5. The standard InChI is InChI=1S/C18H15Cl2NO3/c1-9-14(18(23)24-2)15(10-5-3-6-11(19)17(10)20)16-12(21-9)7-4-8-13(16)22/h3,5-6H,4,7-8H2,1-2H3. The molecule has 124 valence electrons. The third kappa shape index (κ3) is 2.70. The second-order valence-corrected chi connectivity index (χ2v) is 6.42. The van der Waals surface area contributed by atoms with Crippen molar-refractivity contribution in [1.29, 1.82) is 0 Å². The molecule has 0 saturated carbocycles. The predicted octanol–water partition coefficient (Wildman–Crippen LogP) is 4.67. The molecular weight excluding hydrogens is 349 g/mol. The number of halogens is 2. The number of aromatic nitrogens is 1. The van der Waals surface area contributed by atoms with Crippen LogP contribution in [-0.2, 0) is 11.2 Å². The molecule has 0 bridgehead atoms. The number of esters is 1. The van der Waals surface area contributed by atoms with Gasteiger partial charge in [-0.2, -0.15) is 0 Å². The summed E-state index contributed by atoms with van der Waals surface area (Å²) in [5, 5.41) is 0.659. The number of ketones is 1. The van der Waals surface area contributed by atoms with E-state index in [0.717, 1.165) is 6.42 Å². The lowest BCUT2D eigenvalue weighted by Gasteiger charge is -2.22. The second kappa shape index (κ2) is 6.54. The average molecular weight is 364 g/mol. The van der Waals surface area contributed by atoms with Crippen LogP contribution in [0.2, 0.25) is 10.0 Å². The van der Waals surface area contributed by atoms with Gasteiger partial charge < -0.3 is 4.74 Å². The molecule has 1 heterocycles. The van der Waals surface area contributed by atoms with E-state index in [1.165, 1.54) is 7.11 Å². The predicted molar refractivity (Wildman–Crippen MR) is 93.0 cm³/mol. The number of fused-ring (bicyclic) bond motifs is 1. The van der Waals surface area contributed by atoms with Gasteiger partial charge >= 0.3 is 5.97 Å². The van der Waals surface area contributed by atoms with Crippen LogP contribution in [0.1, 0.15) is 44.9 Å². The maximum absolute atomic E-state index is 12.6. The number of hydrogen-bond acceptors (Lipinski definition) is 4. The monoisotopic (exact) mass is 363 g/mol. The number of Topliss-reactive ketones (excluding diaryl/α,β-unsaturated/α-hetero) is 1. The van der Waals surface area contributed by atoms with Crippen molar-refractivity contribution in [3.63, 3.8) is 0 Å². The van der Waals surface area contributed by atoms with E-state index in [-0.39, 0.29) is 11.3 Å². The summed E-state index contributed by atoms with van der Waals surface area (Å²) in [6.07, 6.45) is 1.86. The van der Waals surface area contributed by atoms with Crippen molar-refractivity contribution in [3.8, 4) is 11.1 Å². The van der Waals surface area contributed by atoms with Gasteiger partial charge in [0.05, 0.1) is 34.1 Å². The number of nitrogens with zero attached hydrogens (tertiary/aromatic N) is 1. The zero-order valence-corrected chi connectivity index (χ0v) is 14.8. The number of pyridine rings is 1. The van der Waals surface area contributed by atoms with Gasteiger partial charge in [0.1, 0.15) is 0 Å². The van der Waals surface area contributed by atoms with E-state index in [1.807, 2.05) is 0 Å². The smallest absolute Gasteiger partial charge is 0.340 e. The molecule has 0 atom stereocenters. The molecule has 2 aromatic rings. The molecule has 0 radical (unpaired) electrons. The van der Waals surface area contributed by atoms with E-state index in [2.05, 4.69) is 4.98 Å². The first-order valence-electron chi connectivity index (χ1n) is 7.55. The zero-order valence-electron chi connectivity index (χ0n) is 13.3. The topological polar surface area (TPSA) is 56.3 Å². The van der Waals surface area contributed by atoms with Crippen molar-refractivity contribution in [2.75, 3.05) is 7.11 Å². The van der Waals surface area contributed by atoms with Crippen molar-refractivity contribution >= 4 is 35.0 Å². The largest absolute Gasteiger partial charge is 0.465 e. The number of hydrogen-bond donors (Lipinski definition) is 0. The summed E-state index contributed by atoms with van der Waals surface area (Å²) in [4.78, 5) is 29.4. The van der Waals surface area contributed by atoms with Crippen LogP contribution in [0.15, 0.2) is 18.2 Å². The molecule has 0 amide bonds. The summed E-state index contributed by atoms with van der Waals surface area (Å²) < 4.78 is 4.91. The molecule has 1 aliphatic rings. The van der Waals surface area contributed by atoms with E-state index >= 15 is 0 Å². The first-order valence-corrected chi connectivity index (χ1v) is 8.30.